The number of methoxy groups -OCH3 is 4. The van der Waals surface area contributed by atoms with Crippen LogP contribution in [0.1, 0.15) is 11.1 Å². The van der Waals surface area contributed by atoms with Gasteiger partial charge in [-0.05, 0) is 67.4 Å². The van der Waals surface area contributed by atoms with Crippen LogP contribution in [0.3, 0.4) is 0 Å². The van der Waals surface area contributed by atoms with E-state index in [1.807, 2.05) is 60.7 Å². The molecular weight excluding hydrogens is 888 g/mol. The SMILES string of the molecule is COCOc1ccc2ccccc2c1-c1c(OCOC)c(CBr)cc2ccccc12.COCOc1ccc2ccccc2c1-c1c(OCOC)c(CBr)cc2ccccc12. The van der Waals surface area contributed by atoms with Gasteiger partial charge in [0.25, 0.3) is 0 Å². The van der Waals surface area contributed by atoms with Gasteiger partial charge in [0.15, 0.2) is 27.2 Å². The highest BCUT2D eigenvalue weighted by Gasteiger charge is 2.23. The van der Waals surface area contributed by atoms with Crippen molar-refractivity contribution in [3.8, 4) is 45.3 Å². The van der Waals surface area contributed by atoms with Gasteiger partial charge in [-0.3, -0.25) is 0 Å². The average Bonchev–Trinajstić information content (AvgIpc) is 3.30. The lowest BCUT2D eigenvalue weighted by molar-refractivity contribution is 0.0499. The van der Waals surface area contributed by atoms with E-state index in [9.17, 15) is 0 Å². The number of benzene rings is 8. The van der Waals surface area contributed by atoms with Crippen LogP contribution in [-0.4, -0.2) is 55.6 Å². The lowest BCUT2D eigenvalue weighted by Crippen LogP contribution is -2.05. The number of alkyl halides is 2. The van der Waals surface area contributed by atoms with E-state index in [0.29, 0.717) is 10.7 Å². The van der Waals surface area contributed by atoms with Gasteiger partial charge in [0.1, 0.15) is 23.0 Å². The number of ether oxygens (including phenoxy) is 8. The number of hydrogen-bond donors (Lipinski definition) is 0. The van der Waals surface area contributed by atoms with Gasteiger partial charge in [-0.25, -0.2) is 0 Å². The molecule has 0 spiro atoms. The number of rotatable bonds is 16. The molecule has 0 aliphatic carbocycles. The molecule has 8 nitrogen and oxygen atoms in total. The van der Waals surface area contributed by atoms with Crippen LogP contribution in [0, 0.1) is 0 Å². The van der Waals surface area contributed by atoms with Crippen molar-refractivity contribution < 1.29 is 37.9 Å². The Morgan fingerprint density at radius 1 is 0.350 bits per heavy atom. The predicted molar refractivity (Wildman–Crippen MR) is 249 cm³/mol. The summed E-state index contributed by atoms with van der Waals surface area (Å²) in [5, 5.41) is 10.2. The first-order valence-corrected chi connectivity index (χ1v) is 21.5. The quantitative estimate of drug-likeness (QED) is 0.0701. The average molecular weight is 935 g/mol. The van der Waals surface area contributed by atoms with E-state index >= 15 is 0 Å². The third-order valence-electron chi connectivity index (χ3n) is 10.0. The van der Waals surface area contributed by atoms with Crippen molar-refractivity contribution in [2.24, 2.45) is 0 Å². The zero-order valence-corrected chi connectivity index (χ0v) is 37.1. The van der Waals surface area contributed by atoms with Gasteiger partial charge in [0.05, 0.1) is 0 Å². The molecule has 0 N–H and O–H groups in total. The molecule has 0 bridgehead atoms. The van der Waals surface area contributed by atoms with Gasteiger partial charge >= 0.3 is 0 Å². The standard InChI is InChI=1S/2C25H23BrO4/c2*1-27-15-29-22-12-11-17-7-3-5-9-20(17)23(22)24-21-10-6-4-8-18(21)13-19(14-26)25(24)30-16-28-2/h2*3-13H,14-16H2,1-2H3. The molecule has 0 heterocycles. The van der Waals surface area contributed by atoms with Gasteiger partial charge < -0.3 is 37.9 Å². The van der Waals surface area contributed by atoms with Crippen molar-refractivity contribution >= 4 is 74.9 Å². The van der Waals surface area contributed by atoms with Crippen molar-refractivity contribution in [3.63, 3.8) is 0 Å². The molecule has 0 amide bonds. The summed E-state index contributed by atoms with van der Waals surface area (Å²) in [5.74, 6) is 3.06. The van der Waals surface area contributed by atoms with Crippen molar-refractivity contribution in [2.45, 2.75) is 10.7 Å². The van der Waals surface area contributed by atoms with Crippen molar-refractivity contribution in [1.82, 2.24) is 0 Å². The van der Waals surface area contributed by atoms with Crippen molar-refractivity contribution in [3.05, 3.63) is 145 Å². The third-order valence-corrected chi connectivity index (χ3v) is 11.2. The van der Waals surface area contributed by atoms with Crippen LogP contribution in [0.5, 0.6) is 23.0 Å². The molecule has 60 heavy (non-hydrogen) atoms. The Hall–Kier alpha value is -5.20. The first-order chi connectivity index (χ1) is 29.6. The topological polar surface area (TPSA) is 73.8 Å². The van der Waals surface area contributed by atoms with Crippen LogP contribution in [0.15, 0.2) is 133 Å². The largest absolute Gasteiger partial charge is 0.467 e. The summed E-state index contributed by atoms with van der Waals surface area (Å²) in [6.07, 6.45) is 0. The fourth-order valence-corrected chi connectivity index (χ4v) is 8.37. The second-order valence-electron chi connectivity index (χ2n) is 13.7. The molecule has 308 valence electrons. The van der Waals surface area contributed by atoms with Gasteiger partial charge in [-0.1, -0.05) is 141 Å². The van der Waals surface area contributed by atoms with Crippen LogP contribution in [0.25, 0.3) is 65.3 Å². The molecule has 8 rings (SSSR count). The Balaban J connectivity index is 0.000000181. The number of halogens is 2. The van der Waals surface area contributed by atoms with Crippen LogP contribution in [0.2, 0.25) is 0 Å². The predicted octanol–water partition coefficient (Wildman–Crippen LogP) is 13.0. The molecule has 0 saturated carbocycles. The van der Waals surface area contributed by atoms with E-state index in [4.69, 9.17) is 37.9 Å². The fourth-order valence-electron chi connectivity index (χ4n) is 7.54. The van der Waals surface area contributed by atoms with Crippen molar-refractivity contribution in [2.75, 3.05) is 55.6 Å². The van der Waals surface area contributed by atoms with Gasteiger partial charge in [-0.2, -0.15) is 0 Å². The highest BCUT2D eigenvalue weighted by atomic mass is 79.9. The molecule has 0 aromatic heterocycles. The minimum Gasteiger partial charge on any atom is -0.467 e. The first kappa shape index (κ1) is 42.9. The number of fused-ring (bicyclic) bond motifs is 4. The van der Waals surface area contributed by atoms with Gasteiger partial charge in [0, 0.05) is 72.5 Å². The summed E-state index contributed by atoms with van der Waals surface area (Å²) < 4.78 is 45.2. The van der Waals surface area contributed by atoms with E-state index < -0.39 is 0 Å². The zero-order chi connectivity index (χ0) is 41.8. The Morgan fingerprint density at radius 2 is 0.667 bits per heavy atom. The second kappa shape index (κ2) is 20.9. The first-order valence-electron chi connectivity index (χ1n) is 19.3. The summed E-state index contributed by atoms with van der Waals surface area (Å²) in [6, 6.07) is 45.6. The molecule has 10 heteroatoms. The van der Waals surface area contributed by atoms with Crippen LogP contribution < -0.4 is 18.9 Å². The molecule has 0 saturated heterocycles. The minimum absolute atomic E-state index is 0.157. The molecule has 0 radical (unpaired) electrons. The van der Waals surface area contributed by atoms with E-state index in [2.05, 4.69) is 105 Å². The van der Waals surface area contributed by atoms with Gasteiger partial charge in [-0.15, -0.1) is 0 Å². The molecule has 8 aromatic rings. The highest BCUT2D eigenvalue weighted by molar-refractivity contribution is 9.08. The molecular formula is C50H46Br2O8. The molecule has 8 aromatic carbocycles. The minimum atomic E-state index is 0.157. The van der Waals surface area contributed by atoms with Crippen LogP contribution >= 0.6 is 31.9 Å². The summed E-state index contributed by atoms with van der Waals surface area (Å²) in [7, 11) is 6.49. The molecule has 0 aliphatic rings. The summed E-state index contributed by atoms with van der Waals surface area (Å²) in [5.41, 5.74) is 6.04. The maximum Gasteiger partial charge on any atom is 0.188 e. The lowest BCUT2D eigenvalue weighted by atomic mass is 9.90. The van der Waals surface area contributed by atoms with Gasteiger partial charge in [0.2, 0.25) is 0 Å². The Kier molecular flexibility index (Phi) is 14.9. The normalized spacial score (nSPS) is 11.2. The molecule has 0 fully saturated rings. The maximum absolute atomic E-state index is 6.14. The Labute approximate surface area is 367 Å². The molecule has 0 aliphatic heterocycles. The zero-order valence-electron chi connectivity index (χ0n) is 34.0. The van der Waals surface area contributed by atoms with Crippen molar-refractivity contribution in [1.29, 1.82) is 0 Å². The summed E-state index contributed by atoms with van der Waals surface area (Å²) in [6.45, 7) is 0.639. The van der Waals surface area contributed by atoms with Crippen LogP contribution in [-0.2, 0) is 29.6 Å². The maximum atomic E-state index is 6.14. The third kappa shape index (κ3) is 9.10. The Morgan fingerprint density at radius 3 is 1.02 bits per heavy atom. The second-order valence-corrected chi connectivity index (χ2v) is 14.8. The Bertz CT molecular complexity index is 2530. The summed E-state index contributed by atoms with van der Waals surface area (Å²) >= 11 is 7.26. The smallest absolute Gasteiger partial charge is 0.188 e. The summed E-state index contributed by atoms with van der Waals surface area (Å²) in [4.78, 5) is 0. The lowest BCUT2D eigenvalue weighted by Gasteiger charge is -2.21. The molecule has 0 atom stereocenters. The monoisotopic (exact) mass is 932 g/mol. The number of hydrogen-bond acceptors (Lipinski definition) is 8. The van der Waals surface area contributed by atoms with Crippen LogP contribution in [0.4, 0.5) is 0 Å². The van der Waals surface area contributed by atoms with E-state index in [1.54, 1.807) is 28.4 Å². The van der Waals surface area contributed by atoms with E-state index in [0.717, 1.165) is 99.5 Å². The highest BCUT2D eigenvalue weighted by Crippen LogP contribution is 2.49. The molecule has 0 unspecified atom stereocenters. The fraction of sp³-hybridized carbons (Fsp3) is 0.200. The van der Waals surface area contributed by atoms with E-state index in [1.165, 1.54) is 0 Å². The van der Waals surface area contributed by atoms with E-state index in [-0.39, 0.29) is 27.2 Å².